The normalized spacial score (nSPS) is 28.2. The molecule has 2 saturated heterocycles. The van der Waals surface area contributed by atoms with Crippen LogP contribution in [0.1, 0.15) is 56.1 Å². The number of amides is 1. The zero-order valence-corrected chi connectivity index (χ0v) is 16.5. The topological polar surface area (TPSA) is 56.7 Å². The molecule has 0 bridgehead atoms. The van der Waals surface area contributed by atoms with Gasteiger partial charge >= 0.3 is 0 Å². The fourth-order valence-electron chi connectivity index (χ4n) is 5.10. The van der Waals surface area contributed by atoms with Crippen LogP contribution in [0.2, 0.25) is 0 Å². The van der Waals surface area contributed by atoms with E-state index in [1.807, 2.05) is 0 Å². The van der Waals surface area contributed by atoms with Crippen LogP contribution in [0.3, 0.4) is 0 Å². The second-order valence-corrected chi connectivity index (χ2v) is 8.46. The van der Waals surface area contributed by atoms with E-state index in [9.17, 15) is 4.79 Å². The molecule has 2 heterocycles. The van der Waals surface area contributed by atoms with Crippen molar-refractivity contribution in [2.75, 3.05) is 32.7 Å². The minimum Gasteiger partial charge on any atom is -0.357 e. The van der Waals surface area contributed by atoms with Crippen LogP contribution in [0.4, 0.5) is 0 Å². The Bertz CT molecular complexity index is 716. The number of likely N-dealkylation sites (tertiary alicyclic amines) is 1. The molecule has 5 heteroatoms. The average Bonchev–Trinajstić information content (AvgIpc) is 3.04. The van der Waals surface area contributed by atoms with E-state index in [-0.39, 0.29) is 11.3 Å². The molecule has 1 spiro atoms. The zero-order valence-electron chi connectivity index (χ0n) is 16.5. The van der Waals surface area contributed by atoms with Crippen molar-refractivity contribution in [1.29, 1.82) is 0 Å². The third-order valence-electron chi connectivity index (χ3n) is 6.45. The van der Waals surface area contributed by atoms with E-state index in [1.165, 1.54) is 30.4 Å². The van der Waals surface area contributed by atoms with Gasteiger partial charge in [0.05, 0.1) is 0 Å². The van der Waals surface area contributed by atoms with Gasteiger partial charge in [0.25, 0.3) is 0 Å². The number of hydrogen-bond acceptors (Lipinski definition) is 2. The number of rotatable bonds is 3. The minimum absolute atomic E-state index is 0.100. The zero-order chi connectivity index (χ0) is 18.7. The maximum Gasteiger partial charge on any atom is 0.220 e. The maximum atomic E-state index is 11.8. The highest BCUT2D eigenvalue weighted by Gasteiger charge is 2.42. The smallest absolute Gasteiger partial charge is 0.220 e. The Morgan fingerprint density at radius 3 is 3.07 bits per heavy atom. The molecule has 2 atom stereocenters. The molecular weight excluding hydrogens is 336 g/mol. The van der Waals surface area contributed by atoms with E-state index < -0.39 is 0 Å². The molecule has 1 amide bonds. The highest BCUT2D eigenvalue weighted by atomic mass is 16.1. The monoisotopic (exact) mass is 368 g/mol. The Labute approximate surface area is 162 Å². The van der Waals surface area contributed by atoms with Crippen LogP contribution in [-0.4, -0.2) is 49.5 Å². The van der Waals surface area contributed by atoms with Gasteiger partial charge in [-0.1, -0.05) is 24.3 Å². The van der Waals surface area contributed by atoms with Gasteiger partial charge in [-0.15, -0.1) is 0 Å². The summed E-state index contributed by atoms with van der Waals surface area (Å²) in [5.74, 6) is 1.76. The number of benzene rings is 1. The van der Waals surface area contributed by atoms with Crippen LogP contribution in [-0.2, 0) is 11.2 Å². The number of nitrogens with one attached hydrogen (secondary N) is 2. The molecular formula is C22H32N4O. The molecule has 27 heavy (non-hydrogen) atoms. The first kappa shape index (κ1) is 18.3. The quantitative estimate of drug-likeness (QED) is 0.637. The minimum atomic E-state index is 0.100. The fourth-order valence-corrected chi connectivity index (χ4v) is 5.10. The number of hydrogen-bond donors (Lipinski definition) is 2. The second-order valence-electron chi connectivity index (χ2n) is 8.46. The van der Waals surface area contributed by atoms with Crippen LogP contribution in [0, 0.1) is 5.41 Å². The van der Waals surface area contributed by atoms with E-state index >= 15 is 0 Å². The maximum absolute atomic E-state index is 11.8. The van der Waals surface area contributed by atoms with E-state index in [0.29, 0.717) is 12.3 Å². The molecule has 5 nitrogen and oxygen atoms in total. The van der Waals surface area contributed by atoms with Crippen molar-refractivity contribution in [1.82, 2.24) is 15.5 Å². The van der Waals surface area contributed by atoms with Crippen molar-refractivity contribution in [3.8, 4) is 0 Å². The molecule has 0 saturated carbocycles. The molecule has 3 aliphatic rings. The van der Waals surface area contributed by atoms with Gasteiger partial charge in [-0.25, -0.2) is 0 Å². The lowest BCUT2D eigenvalue weighted by Crippen LogP contribution is -2.51. The number of guanidine groups is 1. The summed E-state index contributed by atoms with van der Waals surface area (Å²) in [6.45, 7) is 6.63. The molecule has 1 aromatic rings. The summed E-state index contributed by atoms with van der Waals surface area (Å²) < 4.78 is 0. The highest BCUT2D eigenvalue weighted by molar-refractivity contribution is 5.81. The van der Waals surface area contributed by atoms with E-state index in [2.05, 4.69) is 46.7 Å². The lowest BCUT2D eigenvalue weighted by molar-refractivity contribution is -0.119. The van der Waals surface area contributed by atoms with Crippen molar-refractivity contribution in [2.45, 2.75) is 51.4 Å². The van der Waals surface area contributed by atoms with Gasteiger partial charge in [0, 0.05) is 50.5 Å². The van der Waals surface area contributed by atoms with E-state index in [1.54, 1.807) is 0 Å². The third-order valence-corrected chi connectivity index (χ3v) is 6.45. The molecule has 2 unspecified atom stereocenters. The van der Waals surface area contributed by atoms with E-state index in [4.69, 9.17) is 4.99 Å². The molecule has 2 aliphatic heterocycles. The fraction of sp³-hybridized carbons (Fsp3) is 0.636. The van der Waals surface area contributed by atoms with Crippen LogP contribution in [0.5, 0.6) is 0 Å². The Kier molecular flexibility index (Phi) is 5.37. The van der Waals surface area contributed by atoms with Gasteiger partial charge in [-0.2, -0.15) is 0 Å². The molecule has 0 radical (unpaired) electrons. The molecule has 1 aliphatic carbocycles. The van der Waals surface area contributed by atoms with Crippen LogP contribution in [0.15, 0.2) is 29.3 Å². The largest absolute Gasteiger partial charge is 0.357 e. The van der Waals surface area contributed by atoms with Gasteiger partial charge in [0.15, 0.2) is 5.96 Å². The van der Waals surface area contributed by atoms with Crippen LogP contribution >= 0.6 is 0 Å². The number of carbonyl (C=O) groups is 1. The number of aryl methyl sites for hydroxylation is 1. The van der Waals surface area contributed by atoms with Gasteiger partial charge in [-0.3, -0.25) is 9.79 Å². The predicted molar refractivity (Wildman–Crippen MR) is 109 cm³/mol. The Morgan fingerprint density at radius 2 is 2.26 bits per heavy atom. The predicted octanol–water partition coefficient (Wildman–Crippen LogP) is 2.67. The van der Waals surface area contributed by atoms with Crippen molar-refractivity contribution in [3.63, 3.8) is 0 Å². The first-order chi connectivity index (χ1) is 13.2. The Hall–Kier alpha value is -2.04. The summed E-state index contributed by atoms with van der Waals surface area (Å²) >= 11 is 0. The van der Waals surface area contributed by atoms with Crippen molar-refractivity contribution in [3.05, 3.63) is 35.4 Å². The number of fused-ring (bicyclic) bond motifs is 1. The first-order valence-corrected chi connectivity index (χ1v) is 10.6. The van der Waals surface area contributed by atoms with Gasteiger partial charge < -0.3 is 15.5 Å². The molecule has 2 fully saturated rings. The van der Waals surface area contributed by atoms with Crippen molar-refractivity contribution in [2.24, 2.45) is 10.4 Å². The van der Waals surface area contributed by atoms with Gasteiger partial charge in [0.1, 0.15) is 0 Å². The van der Waals surface area contributed by atoms with Crippen LogP contribution in [0.25, 0.3) is 0 Å². The molecule has 0 aromatic heterocycles. The van der Waals surface area contributed by atoms with Gasteiger partial charge in [-0.05, 0) is 50.2 Å². The SMILES string of the molecule is CCNC(=NCC1CCCc2ccccc21)N1CCCC2(CNC(=O)C2)C1. The molecule has 146 valence electrons. The average molecular weight is 369 g/mol. The lowest BCUT2D eigenvalue weighted by atomic mass is 9.79. The summed E-state index contributed by atoms with van der Waals surface area (Å²) in [6, 6.07) is 8.87. The standard InChI is InChI=1S/C22H32N4O/c1-2-23-21(26-12-6-11-22(16-26)13-20(27)25-15-22)24-14-18-9-5-8-17-7-3-4-10-19(17)18/h3-4,7,10,18H,2,5-6,8-9,11-16H2,1H3,(H,23,24)(H,25,27). The Balaban J connectivity index is 1.48. The van der Waals surface area contributed by atoms with Gasteiger partial charge in [0.2, 0.25) is 5.91 Å². The summed E-state index contributed by atoms with van der Waals surface area (Å²) in [5, 5.41) is 6.54. The summed E-state index contributed by atoms with van der Waals surface area (Å²) in [5.41, 5.74) is 3.09. The number of piperidine rings is 1. The molecule has 4 rings (SSSR count). The third kappa shape index (κ3) is 3.97. The highest BCUT2D eigenvalue weighted by Crippen LogP contribution is 2.36. The summed E-state index contributed by atoms with van der Waals surface area (Å²) in [7, 11) is 0. The first-order valence-electron chi connectivity index (χ1n) is 10.6. The van der Waals surface area contributed by atoms with E-state index in [0.717, 1.165) is 51.5 Å². The summed E-state index contributed by atoms with van der Waals surface area (Å²) in [4.78, 5) is 19.2. The lowest BCUT2D eigenvalue weighted by Gasteiger charge is -2.41. The molecule has 1 aromatic carbocycles. The number of carbonyl (C=O) groups excluding carboxylic acids is 1. The van der Waals surface area contributed by atoms with Crippen molar-refractivity contribution >= 4 is 11.9 Å². The number of aliphatic imine (C=N–C) groups is 1. The van der Waals surface area contributed by atoms with Crippen LogP contribution < -0.4 is 10.6 Å². The second kappa shape index (κ2) is 7.91. The van der Waals surface area contributed by atoms with Crippen molar-refractivity contribution < 1.29 is 4.79 Å². The molecule has 2 N–H and O–H groups in total. The summed E-state index contributed by atoms with van der Waals surface area (Å²) in [6.07, 6.45) is 6.62. The number of nitrogens with zero attached hydrogens (tertiary/aromatic N) is 2. The Morgan fingerprint density at radius 1 is 1.37 bits per heavy atom.